The van der Waals surface area contributed by atoms with Gasteiger partial charge in [-0.1, -0.05) is 46.3 Å². The second-order valence-corrected chi connectivity index (χ2v) is 10.3. The summed E-state index contributed by atoms with van der Waals surface area (Å²) in [4.78, 5) is 30.7. The molecule has 0 aliphatic rings. The molecular formula is C30H23BrN4O4. The Bertz CT molecular complexity index is 1970. The molecule has 0 saturated carbocycles. The van der Waals surface area contributed by atoms with Crippen LogP contribution in [0.1, 0.15) is 19.4 Å². The summed E-state index contributed by atoms with van der Waals surface area (Å²) in [6, 6.07) is 22.4. The molecule has 194 valence electrons. The van der Waals surface area contributed by atoms with Gasteiger partial charge in [-0.3, -0.25) is 9.59 Å². The molecule has 3 aromatic heterocycles. The number of para-hydroxylation sites is 2. The van der Waals surface area contributed by atoms with Gasteiger partial charge in [0, 0.05) is 32.5 Å². The van der Waals surface area contributed by atoms with Crippen molar-refractivity contribution in [3.8, 4) is 11.6 Å². The number of hydrogen-bond donors (Lipinski definition) is 0. The van der Waals surface area contributed by atoms with Crippen LogP contribution in [0.5, 0.6) is 0 Å². The van der Waals surface area contributed by atoms with E-state index in [1.807, 2.05) is 79.2 Å². The number of esters is 1. The maximum Gasteiger partial charge on any atom is 0.326 e. The van der Waals surface area contributed by atoms with E-state index in [4.69, 9.17) is 14.1 Å². The van der Waals surface area contributed by atoms with Crippen molar-refractivity contribution in [3.63, 3.8) is 0 Å². The third-order valence-electron chi connectivity index (χ3n) is 6.25. The summed E-state index contributed by atoms with van der Waals surface area (Å²) in [5.41, 5.74) is 2.49. The summed E-state index contributed by atoms with van der Waals surface area (Å²) < 4.78 is 15.4. The molecule has 0 saturated heterocycles. The van der Waals surface area contributed by atoms with Crippen LogP contribution in [0, 0.1) is 0 Å². The molecule has 0 N–H and O–H groups in total. The minimum absolute atomic E-state index is 0.0593. The Labute approximate surface area is 231 Å². The van der Waals surface area contributed by atoms with Gasteiger partial charge >= 0.3 is 5.97 Å². The van der Waals surface area contributed by atoms with Crippen molar-refractivity contribution in [3.05, 3.63) is 99.4 Å². The number of halogens is 1. The highest BCUT2D eigenvalue weighted by atomic mass is 79.9. The number of furan rings is 1. The van der Waals surface area contributed by atoms with Gasteiger partial charge in [0.05, 0.1) is 23.2 Å². The second-order valence-electron chi connectivity index (χ2n) is 9.37. The lowest BCUT2D eigenvalue weighted by molar-refractivity contribution is -0.148. The van der Waals surface area contributed by atoms with E-state index in [1.54, 1.807) is 24.4 Å². The Balaban J connectivity index is 1.49. The number of nitrogens with zero attached hydrogens (tertiary/aromatic N) is 4. The lowest BCUT2D eigenvalue weighted by Gasteiger charge is -2.09. The molecule has 0 radical (unpaired) electrons. The quantitative estimate of drug-likeness (QED) is 0.168. The van der Waals surface area contributed by atoms with Crippen molar-refractivity contribution in [2.45, 2.75) is 26.5 Å². The van der Waals surface area contributed by atoms with Gasteiger partial charge in [0.1, 0.15) is 12.1 Å². The molecule has 0 amide bonds. The Morgan fingerprint density at radius 1 is 1.08 bits per heavy atom. The first kappa shape index (κ1) is 24.8. The normalized spacial score (nSPS) is 11.9. The van der Waals surface area contributed by atoms with Gasteiger partial charge in [-0.2, -0.15) is 9.78 Å². The zero-order valence-corrected chi connectivity index (χ0v) is 22.8. The van der Waals surface area contributed by atoms with E-state index >= 15 is 0 Å². The first-order valence-electron chi connectivity index (χ1n) is 12.4. The number of fused-ring (bicyclic) bond motifs is 3. The van der Waals surface area contributed by atoms with Crippen LogP contribution >= 0.6 is 15.9 Å². The molecule has 3 heterocycles. The minimum Gasteiger partial charge on any atom is -0.462 e. The highest BCUT2D eigenvalue weighted by Gasteiger charge is 2.17. The van der Waals surface area contributed by atoms with E-state index in [2.05, 4.69) is 21.0 Å². The van der Waals surface area contributed by atoms with Gasteiger partial charge < -0.3 is 13.7 Å². The summed E-state index contributed by atoms with van der Waals surface area (Å²) in [5, 5.41) is 6.79. The average Bonchev–Trinajstić information content (AvgIpc) is 3.48. The molecule has 0 fully saturated rings. The van der Waals surface area contributed by atoms with Gasteiger partial charge in [0.15, 0.2) is 5.76 Å². The summed E-state index contributed by atoms with van der Waals surface area (Å²) in [7, 11) is 0. The lowest BCUT2D eigenvalue weighted by Crippen LogP contribution is -2.20. The molecule has 3 aromatic carbocycles. The number of aromatic nitrogens is 3. The van der Waals surface area contributed by atoms with Gasteiger partial charge in [0.25, 0.3) is 5.56 Å². The zero-order valence-electron chi connectivity index (χ0n) is 21.2. The molecule has 6 rings (SSSR count). The SMILES string of the molecule is CC(C)OC(=O)Cn1cc(C=Nn2c(-c3cc4cc(Br)ccc4o3)nc3ccccc3c2=O)c2ccccc21. The van der Waals surface area contributed by atoms with Crippen molar-refractivity contribution < 1.29 is 13.9 Å². The molecule has 9 heteroatoms. The summed E-state index contributed by atoms with van der Waals surface area (Å²) in [5.74, 6) is 0.372. The Kier molecular flexibility index (Phi) is 6.36. The number of rotatable bonds is 6. The summed E-state index contributed by atoms with van der Waals surface area (Å²) in [6.07, 6.45) is 3.23. The van der Waals surface area contributed by atoms with E-state index < -0.39 is 0 Å². The summed E-state index contributed by atoms with van der Waals surface area (Å²) in [6.45, 7) is 3.69. The van der Waals surface area contributed by atoms with Crippen LogP contribution < -0.4 is 5.56 Å². The molecule has 0 atom stereocenters. The van der Waals surface area contributed by atoms with Crippen molar-refractivity contribution in [2.75, 3.05) is 0 Å². The fourth-order valence-electron chi connectivity index (χ4n) is 4.58. The van der Waals surface area contributed by atoms with Crippen molar-refractivity contribution in [1.29, 1.82) is 0 Å². The maximum atomic E-state index is 13.6. The van der Waals surface area contributed by atoms with Crippen molar-refractivity contribution >= 4 is 60.9 Å². The van der Waals surface area contributed by atoms with E-state index in [1.165, 1.54) is 4.68 Å². The average molecular weight is 583 g/mol. The largest absolute Gasteiger partial charge is 0.462 e. The highest BCUT2D eigenvalue weighted by Crippen LogP contribution is 2.29. The number of carbonyl (C=O) groups is 1. The molecular weight excluding hydrogens is 560 g/mol. The number of carbonyl (C=O) groups excluding carboxylic acids is 1. The van der Waals surface area contributed by atoms with Crippen molar-refractivity contribution in [1.82, 2.24) is 14.2 Å². The molecule has 8 nitrogen and oxygen atoms in total. The molecule has 0 aliphatic carbocycles. The Morgan fingerprint density at radius 2 is 1.85 bits per heavy atom. The van der Waals surface area contributed by atoms with Crippen LogP contribution in [0.2, 0.25) is 0 Å². The van der Waals surface area contributed by atoms with Gasteiger partial charge in [0.2, 0.25) is 5.82 Å². The lowest BCUT2D eigenvalue weighted by atomic mass is 10.2. The van der Waals surface area contributed by atoms with Gasteiger partial charge in [-0.25, -0.2) is 4.98 Å². The zero-order chi connectivity index (χ0) is 27.1. The Hall–Kier alpha value is -4.50. The first-order valence-corrected chi connectivity index (χ1v) is 13.2. The van der Waals surface area contributed by atoms with E-state index in [0.29, 0.717) is 22.2 Å². The monoisotopic (exact) mass is 582 g/mol. The van der Waals surface area contributed by atoms with Crippen molar-refractivity contribution in [2.24, 2.45) is 5.10 Å². The predicted octanol–water partition coefficient (Wildman–Crippen LogP) is 6.36. The van der Waals surface area contributed by atoms with Crippen LogP contribution in [0.3, 0.4) is 0 Å². The van der Waals surface area contributed by atoms with Gasteiger partial charge in [-0.15, -0.1) is 0 Å². The number of hydrogen-bond acceptors (Lipinski definition) is 6. The van der Waals surface area contributed by atoms with Crippen LogP contribution in [0.4, 0.5) is 0 Å². The molecule has 0 spiro atoms. The topological polar surface area (TPSA) is 91.6 Å². The number of ether oxygens (including phenoxy) is 1. The van der Waals surface area contributed by atoms with Gasteiger partial charge in [-0.05, 0) is 56.3 Å². The molecule has 0 aliphatic heterocycles. The standard InChI is InChI=1S/C30H23BrN4O4/c1-18(2)38-28(36)17-34-16-20(22-7-4-6-10-25(22)34)15-32-35-29(33-24-9-5-3-8-23(24)30(35)37)27-14-19-13-21(31)11-12-26(19)39-27/h3-16,18H,17H2,1-2H3. The molecule has 0 bridgehead atoms. The van der Waals surface area contributed by atoms with E-state index in [-0.39, 0.29) is 30.0 Å². The van der Waals surface area contributed by atoms with Crippen LogP contribution in [0.15, 0.2) is 97.8 Å². The third kappa shape index (κ3) is 4.77. The number of benzene rings is 3. The summed E-state index contributed by atoms with van der Waals surface area (Å²) >= 11 is 3.49. The molecule has 0 unspecified atom stereocenters. The smallest absolute Gasteiger partial charge is 0.326 e. The van der Waals surface area contributed by atoms with Crippen LogP contribution in [-0.4, -0.2) is 32.5 Å². The second kappa shape index (κ2) is 9.99. The fourth-order valence-corrected chi connectivity index (χ4v) is 4.96. The fraction of sp³-hybridized carbons (Fsp3) is 0.133. The van der Waals surface area contributed by atoms with E-state index in [9.17, 15) is 9.59 Å². The molecule has 6 aromatic rings. The molecule has 39 heavy (non-hydrogen) atoms. The first-order chi connectivity index (χ1) is 18.9. The van der Waals surface area contributed by atoms with E-state index in [0.717, 1.165) is 26.3 Å². The third-order valence-corrected chi connectivity index (χ3v) is 6.74. The van der Waals surface area contributed by atoms with Crippen LogP contribution in [0.25, 0.3) is 44.4 Å². The minimum atomic E-state index is -0.331. The Morgan fingerprint density at radius 3 is 2.67 bits per heavy atom. The van der Waals surface area contributed by atoms with Crippen LogP contribution in [-0.2, 0) is 16.1 Å². The predicted molar refractivity (Wildman–Crippen MR) is 155 cm³/mol. The highest BCUT2D eigenvalue weighted by molar-refractivity contribution is 9.10. The maximum absolute atomic E-state index is 13.6.